The van der Waals surface area contributed by atoms with E-state index in [0.29, 0.717) is 12.6 Å². The summed E-state index contributed by atoms with van der Waals surface area (Å²) < 4.78 is 0. The van der Waals surface area contributed by atoms with E-state index in [0.717, 1.165) is 36.3 Å². The van der Waals surface area contributed by atoms with Gasteiger partial charge in [-0.2, -0.15) is 11.8 Å². The van der Waals surface area contributed by atoms with Crippen molar-refractivity contribution in [1.29, 1.82) is 0 Å². The molecule has 1 heterocycles. The normalized spacial score (nSPS) is 33.4. The molecule has 21 heavy (non-hydrogen) atoms. The van der Waals surface area contributed by atoms with E-state index >= 15 is 0 Å². The maximum atomic E-state index is 10.4. The summed E-state index contributed by atoms with van der Waals surface area (Å²) >= 11 is 1.82. The van der Waals surface area contributed by atoms with Crippen LogP contribution in [0.4, 0.5) is 0 Å². The van der Waals surface area contributed by atoms with Crippen LogP contribution in [0, 0.1) is 5.92 Å². The van der Waals surface area contributed by atoms with Crippen LogP contribution in [0.2, 0.25) is 0 Å². The Bertz CT molecular complexity index is 335. The van der Waals surface area contributed by atoms with E-state index in [2.05, 4.69) is 29.5 Å². The number of nitrogens with zero attached hydrogens (tertiary/aromatic N) is 1. The molecular formula is C15H30IN3OS. The Labute approximate surface area is 150 Å². The van der Waals surface area contributed by atoms with E-state index in [1.54, 1.807) is 0 Å². The standard InChI is InChI=1S/C15H29N3OS.HI/c1-3-16-14(17-10-15(19)7-8-20-11-15)18-13-6-4-5-12(2)9-13;/h12-13,19H,3-11H2,1-2H3,(H2,16,17,18);1H. The van der Waals surface area contributed by atoms with Crippen LogP contribution in [-0.2, 0) is 0 Å². The van der Waals surface area contributed by atoms with E-state index in [1.165, 1.54) is 25.7 Å². The molecule has 1 saturated carbocycles. The van der Waals surface area contributed by atoms with Crippen LogP contribution < -0.4 is 10.6 Å². The van der Waals surface area contributed by atoms with Gasteiger partial charge in [0.1, 0.15) is 0 Å². The first-order valence-electron chi connectivity index (χ1n) is 7.96. The topological polar surface area (TPSA) is 56.7 Å². The second kappa shape index (κ2) is 9.45. The van der Waals surface area contributed by atoms with Crippen LogP contribution in [0.3, 0.4) is 0 Å². The molecule has 1 saturated heterocycles. The molecule has 124 valence electrons. The summed E-state index contributed by atoms with van der Waals surface area (Å²) in [6.45, 7) is 5.79. The van der Waals surface area contributed by atoms with Crippen molar-refractivity contribution in [1.82, 2.24) is 10.6 Å². The minimum atomic E-state index is -0.590. The molecule has 0 amide bonds. The highest BCUT2D eigenvalue weighted by Crippen LogP contribution is 2.28. The van der Waals surface area contributed by atoms with Gasteiger partial charge in [0, 0.05) is 18.3 Å². The monoisotopic (exact) mass is 427 g/mol. The van der Waals surface area contributed by atoms with Gasteiger partial charge in [0.25, 0.3) is 0 Å². The Morgan fingerprint density at radius 3 is 2.86 bits per heavy atom. The molecule has 1 aliphatic carbocycles. The van der Waals surface area contributed by atoms with Crippen LogP contribution in [0.1, 0.15) is 46.0 Å². The van der Waals surface area contributed by atoms with Crippen molar-refractivity contribution in [3.8, 4) is 0 Å². The average molecular weight is 427 g/mol. The fraction of sp³-hybridized carbons (Fsp3) is 0.933. The summed E-state index contributed by atoms with van der Waals surface area (Å²) in [6, 6.07) is 0.532. The molecule has 0 spiro atoms. The highest BCUT2D eigenvalue weighted by atomic mass is 127. The predicted molar refractivity (Wildman–Crippen MR) is 103 cm³/mol. The van der Waals surface area contributed by atoms with Crippen LogP contribution >= 0.6 is 35.7 Å². The maximum absolute atomic E-state index is 10.4. The first-order valence-corrected chi connectivity index (χ1v) is 9.12. The maximum Gasteiger partial charge on any atom is 0.191 e. The lowest BCUT2D eigenvalue weighted by Crippen LogP contribution is -2.46. The molecule has 0 aromatic rings. The van der Waals surface area contributed by atoms with E-state index in [-0.39, 0.29) is 24.0 Å². The third kappa shape index (κ3) is 6.52. The Hall–Kier alpha value is 0.310. The fourth-order valence-corrected chi connectivity index (χ4v) is 4.31. The van der Waals surface area contributed by atoms with Gasteiger partial charge in [0.2, 0.25) is 0 Å². The molecule has 0 bridgehead atoms. The largest absolute Gasteiger partial charge is 0.387 e. The number of hydrogen-bond donors (Lipinski definition) is 3. The lowest BCUT2D eigenvalue weighted by Gasteiger charge is -2.29. The quantitative estimate of drug-likeness (QED) is 0.367. The van der Waals surface area contributed by atoms with Gasteiger partial charge < -0.3 is 15.7 Å². The zero-order chi connectivity index (χ0) is 14.4. The molecule has 1 aliphatic heterocycles. The van der Waals surface area contributed by atoms with Gasteiger partial charge in [0.15, 0.2) is 5.96 Å². The molecular weight excluding hydrogens is 397 g/mol. The molecule has 6 heteroatoms. The molecule has 0 aromatic heterocycles. The van der Waals surface area contributed by atoms with Crippen LogP contribution in [0.5, 0.6) is 0 Å². The molecule has 0 radical (unpaired) electrons. The first kappa shape index (κ1) is 19.4. The zero-order valence-corrected chi connectivity index (χ0v) is 16.4. The number of halogens is 1. The molecule has 2 rings (SSSR count). The summed E-state index contributed by atoms with van der Waals surface area (Å²) in [6.07, 6.45) is 5.97. The highest BCUT2D eigenvalue weighted by Gasteiger charge is 2.31. The summed E-state index contributed by atoms with van der Waals surface area (Å²) in [5, 5.41) is 17.2. The Morgan fingerprint density at radius 2 is 2.24 bits per heavy atom. The van der Waals surface area contributed by atoms with Crippen molar-refractivity contribution in [3.05, 3.63) is 0 Å². The Kier molecular flexibility index (Phi) is 8.71. The number of thioether (sulfide) groups is 1. The van der Waals surface area contributed by atoms with Crippen molar-refractivity contribution in [2.24, 2.45) is 10.9 Å². The van der Waals surface area contributed by atoms with Crippen LogP contribution in [0.15, 0.2) is 4.99 Å². The molecule has 2 fully saturated rings. The SMILES string of the molecule is CCNC(=NCC1(O)CCSC1)NC1CCCC(C)C1.I. The molecule has 2 aliphatic rings. The van der Waals surface area contributed by atoms with Crippen molar-refractivity contribution in [3.63, 3.8) is 0 Å². The minimum absolute atomic E-state index is 0. The number of rotatable bonds is 4. The number of nitrogens with one attached hydrogen (secondary N) is 2. The lowest BCUT2D eigenvalue weighted by molar-refractivity contribution is 0.0778. The summed E-state index contributed by atoms with van der Waals surface area (Å²) in [7, 11) is 0. The van der Waals surface area contributed by atoms with Gasteiger partial charge in [-0.05, 0) is 37.9 Å². The van der Waals surface area contributed by atoms with E-state index in [9.17, 15) is 5.11 Å². The molecule has 4 nitrogen and oxygen atoms in total. The molecule has 0 aromatic carbocycles. The summed E-state index contributed by atoms with van der Waals surface area (Å²) in [5.74, 6) is 3.54. The van der Waals surface area contributed by atoms with Crippen molar-refractivity contribution in [2.75, 3.05) is 24.6 Å². The van der Waals surface area contributed by atoms with E-state index in [1.807, 2.05) is 11.8 Å². The minimum Gasteiger partial charge on any atom is -0.387 e. The van der Waals surface area contributed by atoms with E-state index in [4.69, 9.17) is 0 Å². The van der Waals surface area contributed by atoms with Crippen molar-refractivity contribution in [2.45, 2.75) is 57.6 Å². The average Bonchev–Trinajstić information content (AvgIpc) is 2.84. The van der Waals surface area contributed by atoms with Crippen LogP contribution in [0.25, 0.3) is 0 Å². The third-order valence-electron chi connectivity index (χ3n) is 4.24. The highest BCUT2D eigenvalue weighted by molar-refractivity contribution is 14.0. The first-order chi connectivity index (χ1) is 9.61. The van der Waals surface area contributed by atoms with Crippen molar-refractivity contribution >= 4 is 41.7 Å². The summed E-state index contributed by atoms with van der Waals surface area (Å²) in [4.78, 5) is 4.62. The van der Waals surface area contributed by atoms with Gasteiger partial charge in [-0.25, -0.2) is 0 Å². The Morgan fingerprint density at radius 1 is 1.43 bits per heavy atom. The summed E-state index contributed by atoms with van der Waals surface area (Å²) in [5.41, 5.74) is -0.590. The number of hydrogen-bond acceptors (Lipinski definition) is 3. The second-order valence-electron chi connectivity index (χ2n) is 6.34. The molecule has 3 N–H and O–H groups in total. The lowest BCUT2D eigenvalue weighted by atomic mass is 9.87. The smallest absolute Gasteiger partial charge is 0.191 e. The predicted octanol–water partition coefficient (Wildman–Crippen LogP) is 2.61. The Balaban J connectivity index is 0.00000220. The number of aliphatic hydroxyl groups is 1. The molecule has 3 unspecified atom stereocenters. The van der Waals surface area contributed by atoms with Gasteiger partial charge in [-0.15, -0.1) is 24.0 Å². The fourth-order valence-electron chi connectivity index (χ4n) is 3.03. The zero-order valence-electron chi connectivity index (χ0n) is 13.2. The van der Waals surface area contributed by atoms with Gasteiger partial charge >= 0.3 is 0 Å². The van der Waals surface area contributed by atoms with Gasteiger partial charge in [-0.3, -0.25) is 4.99 Å². The second-order valence-corrected chi connectivity index (χ2v) is 7.44. The van der Waals surface area contributed by atoms with Gasteiger partial charge in [0.05, 0.1) is 12.1 Å². The van der Waals surface area contributed by atoms with Crippen molar-refractivity contribution < 1.29 is 5.11 Å². The van der Waals surface area contributed by atoms with E-state index < -0.39 is 5.60 Å². The number of aliphatic imine (C=N–C) groups is 1. The molecule has 3 atom stereocenters. The van der Waals surface area contributed by atoms with Gasteiger partial charge in [-0.1, -0.05) is 19.8 Å². The number of guanidine groups is 1. The van der Waals surface area contributed by atoms with Crippen LogP contribution in [-0.4, -0.2) is 47.3 Å². The third-order valence-corrected chi connectivity index (χ3v) is 5.47.